The second kappa shape index (κ2) is 5.80. The molecule has 86 valence electrons. The molecular formula is C12H9BrClN3. The van der Waals surface area contributed by atoms with Gasteiger partial charge in [0.05, 0.1) is 6.21 Å². The lowest BCUT2D eigenvalue weighted by Gasteiger charge is -1.98. The van der Waals surface area contributed by atoms with Crippen LogP contribution in [0.2, 0.25) is 5.15 Å². The van der Waals surface area contributed by atoms with E-state index in [4.69, 9.17) is 11.6 Å². The number of halogens is 2. The first-order chi connectivity index (χ1) is 8.24. The fourth-order valence-electron chi connectivity index (χ4n) is 1.19. The molecule has 0 fully saturated rings. The van der Waals surface area contributed by atoms with Crippen LogP contribution in [0.5, 0.6) is 0 Å². The molecule has 0 saturated carbocycles. The minimum absolute atomic E-state index is 0.439. The molecule has 0 unspecified atom stereocenters. The van der Waals surface area contributed by atoms with Gasteiger partial charge in [-0.3, -0.25) is 5.43 Å². The van der Waals surface area contributed by atoms with Crippen molar-refractivity contribution in [3.63, 3.8) is 0 Å². The summed E-state index contributed by atoms with van der Waals surface area (Å²) in [6.45, 7) is 0. The van der Waals surface area contributed by atoms with Crippen LogP contribution in [0.25, 0.3) is 0 Å². The van der Waals surface area contributed by atoms with Crippen LogP contribution in [0.4, 0.5) is 5.82 Å². The van der Waals surface area contributed by atoms with E-state index in [1.807, 2.05) is 30.3 Å². The van der Waals surface area contributed by atoms with Crippen LogP contribution in [-0.4, -0.2) is 11.2 Å². The first kappa shape index (κ1) is 12.1. The Morgan fingerprint density at radius 1 is 1.18 bits per heavy atom. The van der Waals surface area contributed by atoms with E-state index in [0.29, 0.717) is 11.0 Å². The smallest absolute Gasteiger partial charge is 0.147 e. The number of nitrogens with zero attached hydrogens (tertiary/aromatic N) is 2. The van der Waals surface area contributed by atoms with Crippen molar-refractivity contribution in [2.24, 2.45) is 5.10 Å². The molecule has 0 atom stereocenters. The Morgan fingerprint density at radius 3 is 2.65 bits per heavy atom. The highest BCUT2D eigenvalue weighted by atomic mass is 79.9. The third kappa shape index (κ3) is 3.84. The van der Waals surface area contributed by atoms with Crippen molar-refractivity contribution in [3.05, 3.63) is 57.7 Å². The maximum Gasteiger partial charge on any atom is 0.147 e. The largest absolute Gasteiger partial charge is 0.261 e. The summed E-state index contributed by atoms with van der Waals surface area (Å²) in [7, 11) is 0. The molecule has 0 spiro atoms. The molecule has 0 bridgehead atoms. The molecule has 1 aromatic carbocycles. The Balaban J connectivity index is 2.00. The predicted octanol–water partition coefficient (Wildman–Crippen LogP) is 3.94. The SMILES string of the molecule is Clc1cccc(N/N=C\c2ccc(Br)cc2)n1. The Hall–Kier alpha value is -1.39. The van der Waals surface area contributed by atoms with E-state index >= 15 is 0 Å². The fraction of sp³-hybridized carbons (Fsp3) is 0. The van der Waals surface area contributed by atoms with E-state index < -0.39 is 0 Å². The van der Waals surface area contributed by atoms with Gasteiger partial charge in [-0.25, -0.2) is 4.98 Å². The molecular weight excluding hydrogens is 302 g/mol. The van der Waals surface area contributed by atoms with E-state index in [1.165, 1.54) is 0 Å². The van der Waals surface area contributed by atoms with Gasteiger partial charge in [0.1, 0.15) is 11.0 Å². The van der Waals surface area contributed by atoms with Gasteiger partial charge in [0.15, 0.2) is 0 Å². The van der Waals surface area contributed by atoms with E-state index in [0.717, 1.165) is 10.0 Å². The number of nitrogens with one attached hydrogen (secondary N) is 1. The van der Waals surface area contributed by atoms with Gasteiger partial charge in [-0.1, -0.05) is 45.7 Å². The van der Waals surface area contributed by atoms with E-state index in [2.05, 4.69) is 31.4 Å². The van der Waals surface area contributed by atoms with Crippen molar-refractivity contribution in [1.82, 2.24) is 4.98 Å². The summed E-state index contributed by atoms with van der Waals surface area (Å²) in [6, 6.07) is 13.2. The maximum absolute atomic E-state index is 5.75. The standard InChI is InChI=1S/C12H9BrClN3/c13-10-6-4-9(5-7-10)8-15-17-12-3-1-2-11(14)16-12/h1-8H,(H,16,17)/b15-8-. The molecule has 2 rings (SSSR count). The van der Waals surface area contributed by atoms with Gasteiger partial charge < -0.3 is 0 Å². The van der Waals surface area contributed by atoms with Crippen molar-refractivity contribution >= 4 is 39.6 Å². The van der Waals surface area contributed by atoms with Gasteiger partial charge in [-0.2, -0.15) is 5.10 Å². The lowest BCUT2D eigenvalue weighted by Crippen LogP contribution is -1.93. The number of hydrogen-bond acceptors (Lipinski definition) is 3. The Bertz CT molecular complexity index is 526. The summed E-state index contributed by atoms with van der Waals surface area (Å²) in [5.41, 5.74) is 3.81. The van der Waals surface area contributed by atoms with Gasteiger partial charge in [0.2, 0.25) is 0 Å². The van der Waals surface area contributed by atoms with Gasteiger partial charge in [-0.05, 0) is 29.8 Å². The van der Waals surface area contributed by atoms with Crippen LogP contribution in [0, 0.1) is 0 Å². The van der Waals surface area contributed by atoms with Gasteiger partial charge >= 0.3 is 0 Å². The monoisotopic (exact) mass is 309 g/mol. The number of hydrogen-bond donors (Lipinski definition) is 1. The first-order valence-corrected chi connectivity index (χ1v) is 6.08. The molecule has 0 saturated heterocycles. The average molecular weight is 311 g/mol. The Labute approximate surface area is 113 Å². The number of hydrazone groups is 1. The molecule has 0 aliphatic heterocycles. The Morgan fingerprint density at radius 2 is 1.94 bits per heavy atom. The minimum atomic E-state index is 0.439. The van der Waals surface area contributed by atoms with Crippen LogP contribution >= 0.6 is 27.5 Å². The molecule has 2 aromatic rings. The van der Waals surface area contributed by atoms with Crippen LogP contribution < -0.4 is 5.43 Å². The quantitative estimate of drug-likeness (QED) is 0.529. The number of aromatic nitrogens is 1. The van der Waals surface area contributed by atoms with Crippen molar-refractivity contribution < 1.29 is 0 Å². The van der Waals surface area contributed by atoms with Crippen LogP contribution in [0.1, 0.15) is 5.56 Å². The minimum Gasteiger partial charge on any atom is -0.261 e. The highest BCUT2D eigenvalue weighted by Crippen LogP contribution is 2.10. The van der Waals surface area contributed by atoms with E-state index in [-0.39, 0.29) is 0 Å². The predicted molar refractivity (Wildman–Crippen MR) is 74.6 cm³/mol. The summed E-state index contributed by atoms with van der Waals surface area (Å²) in [5.74, 6) is 0.617. The topological polar surface area (TPSA) is 37.3 Å². The maximum atomic E-state index is 5.75. The number of rotatable bonds is 3. The van der Waals surface area contributed by atoms with E-state index in [1.54, 1.807) is 18.3 Å². The zero-order valence-corrected chi connectivity index (χ0v) is 11.1. The highest BCUT2D eigenvalue weighted by molar-refractivity contribution is 9.10. The zero-order valence-electron chi connectivity index (χ0n) is 8.77. The van der Waals surface area contributed by atoms with Gasteiger partial charge in [0.25, 0.3) is 0 Å². The molecule has 0 radical (unpaired) electrons. The fourth-order valence-corrected chi connectivity index (χ4v) is 1.62. The second-order valence-corrected chi connectivity index (χ2v) is 4.57. The summed E-state index contributed by atoms with van der Waals surface area (Å²) < 4.78 is 1.04. The second-order valence-electron chi connectivity index (χ2n) is 3.27. The molecule has 0 aliphatic rings. The normalized spacial score (nSPS) is 10.7. The van der Waals surface area contributed by atoms with Gasteiger partial charge in [-0.15, -0.1) is 0 Å². The summed E-state index contributed by atoms with van der Waals surface area (Å²) >= 11 is 9.12. The third-order valence-corrected chi connectivity index (χ3v) is 2.72. The lowest BCUT2D eigenvalue weighted by molar-refractivity contribution is 1.23. The number of anilines is 1. The number of benzene rings is 1. The highest BCUT2D eigenvalue weighted by Gasteiger charge is 1.92. The summed E-state index contributed by atoms with van der Waals surface area (Å²) in [5, 5.41) is 4.51. The van der Waals surface area contributed by atoms with Crippen LogP contribution in [-0.2, 0) is 0 Å². The molecule has 1 N–H and O–H groups in total. The molecule has 3 nitrogen and oxygen atoms in total. The third-order valence-electron chi connectivity index (χ3n) is 1.98. The summed E-state index contributed by atoms with van der Waals surface area (Å²) in [4.78, 5) is 4.05. The van der Waals surface area contributed by atoms with Gasteiger partial charge in [0, 0.05) is 4.47 Å². The van der Waals surface area contributed by atoms with Crippen LogP contribution in [0.3, 0.4) is 0 Å². The first-order valence-electron chi connectivity index (χ1n) is 4.91. The van der Waals surface area contributed by atoms with Crippen LogP contribution in [0.15, 0.2) is 52.0 Å². The van der Waals surface area contributed by atoms with Crippen molar-refractivity contribution in [2.75, 3.05) is 5.43 Å². The van der Waals surface area contributed by atoms with Crippen molar-refractivity contribution in [3.8, 4) is 0 Å². The zero-order chi connectivity index (χ0) is 12.1. The van der Waals surface area contributed by atoms with E-state index in [9.17, 15) is 0 Å². The molecule has 0 amide bonds. The average Bonchev–Trinajstić information content (AvgIpc) is 2.32. The molecule has 1 heterocycles. The lowest BCUT2D eigenvalue weighted by atomic mass is 10.2. The summed E-state index contributed by atoms with van der Waals surface area (Å²) in [6.07, 6.45) is 1.72. The molecule has 0 aliphatic carbocycles. The van der Waals surface area contributed by atoms with Crippen molar-refractivity contribution in [1.29, 1.82) is 0 Å². The Kier molecular flexibility index (Phi) is 4.12. The molecule has 17 heavy (non-hydrogen) atoms. The molecule has 1 aromatic heterocycles. The number of pyridine rings is 1. The van der Waals surface area contributed by atoms with Crippen molar-refractivity contribution in [2.45, 2.75) is 0 Å². The molecule has 5 heteroatoms.